The summed E-state index contributed by atoms with van der Waals surface area (Å²) in [6.45, 7) is 12.0. The van der Waals surface area contributed by atoms with Gasteiger partial charge >= 0.3 is 0 Å². The molecule has 0 bridgehead atoms. The van der Waals surface area contributed by atoms with Crippen LogP contribution in [-0.4, -0.2) is 65.8 Å². The van der Waals surface area contributed by atoms with Crippen molar-refractivity contribution < 1.29 is 23.2 Å². The number of ether oxygens (including phenoxy) is 3. The average molecular weight is 725 g/mol. The lowest BCUT2D eigenvalue weighted by Crippen LogP contribution is -2.34. The normalized spacial score (nSPS) is 16.5. The molecular formula is C42H52N4O5S. The Morgan fingerprint density at radius 3 is 2.58 bits per heavy atom. The number of aromatic nitrogens is 2. The number of fused-ring (bicyclic) bond motifs is 1. The van der Waals surface area contributed by atoms with Crippen LogP contribution in [0.4, 0.5) is 11.4 Å². The second kappa shape index (κ2) is 18.5. The number of unbranched alkanes of at least 4 members (excludes halogenated alkanes) is 1. The maximum atomic E-state index is 13.8. The van der Waals surface area contributed by atoms with Crippen molar-refractivity contribution in [2.45, 2.75) is 70.1 Å². The van der Waals surface area contributed by atoms with Crippen molar-refractivity contribution >= 4 is 34.2 Å². The van der Waals surface area contributed by atoms with Gasteiger partial charge in [-0.15, -0.1) is 0 Å². The average Bonchev–Trinajstić information content (AvgIpc) is 3.42. The molecular weight excluding hydrogens is 673 g/mol. The van der Waals surface area contributed by atoms with E-state index in [4.69, 9.17) is 14.2 Å². The number of rotatable bonds is 16. The maximum Gasteiger partial charge on any atom is 0.251 e. The van der Waals surface area contributed by atoms with E-state index in [0.717, 1.165) is 115 Å². The van der Waals surface area contributed by atoms with Gasteiger partial charge in [0, 0.05) is 54.7 Å². The molecule has 6 rings (SSSR count). The van der Waals surface area contributed by atoms with Crippen molar-refractivity contribution in [2.24, 2.45) is 5.92 Å². The molecule has 3 heterocycles. The Balaban J connectivity index is 1.16. The largest absolute Gasteiger partial charge is 0.491 e. The number of nitrogens with one attached hydrogen (secondary N) is 1. The molecule has 0 spiro atoms. The highest BCUT2D eigenvalue weighted by molar-refractivity contribution is 7.84. The number of aryl methyl sites for hydroxylation is 2. The first-order valence-electron chi connectivity index (χ1n) is 18.7. The fourth-order valence-corrected chi connectivity index (χ4v) is 8.02. The van der Waals surface area contributed by atoms with Gasteiger partial charge in [0.15, 0.2) is 0 Å². The molecule has 52 heavy (non-hydrogen) atoms. The first-order chi connectivity index (χ1) is 25.4. The first-order valence-corrected chi connectivity index (χ1v) is 20.0. The Labute approximate surface area is 310 Å². The van der Waals surface area contributed by atoms with E-state index in [1.807, 2.05) is 54.0 Å². The van der Waals surface area contributed by atoms with Crippen LogP contribution in [0.5, 0.6) is 5.75 Å². The molecule has 1 fully saturated rings. The highest BCUT2D eigenvalue weighted by Gasteiger charge is 2.24. The Morgan fingerprint density at radius 1 is 1.02 bits per heavy atom. The number of carbonyl (C=O) groups excluding carboxylic acids is 1. The summed E-state index contributed by atoms with van der Waals surface area (Å²) in [5.74, 6) is 1.54. The van der Waals surface area contributed by atoms with E-state index < -0.39 is 10.8 Å². The predicted octanol–water partition coefficient (Wildman–Crippen LogP) is 8.04. The van der Waals surface area contributed by atoms with Gasteiger partial charge in [-0.05, 0) is 117 Å². The fourth-order valence-electron chi connectivity index (χ4n) is 6.79. The zero-order valence-electron chi connectivity index (χ0n) is 30.8. The number of benzene rings is 3. The second-order valence-corrected chi connectivity index (χ2v) is 15.0. The highest BCUT2D eigenvalue weighted by atomic mass is 32.2. The summed E-state index contributed by atoms with van der Waals surface area (Å²) in [6, 6.07) is 22.0. The summed E-state index contributed by atoms with van der Waals surface area (Å²) in [5, 5.41) is 3.11. The number of hydrogen-bond donors (Lipinski definition) is 1. The van der Waals surface area contributed by atoms with Crippen LogP contribution < -0.4 is 15.0 Å². The summed E-state index contributed by atoms with van der Waals surface area (Å²) >= 11 is 0. The van der Waals surface area contributed by atoms with E-state index >= 15 is 0 Å². The number of amides is 1. The SMILES string of the molecule is CCCCOCCOc1ccc(-c2ccc3c(c2)C=C(C(=O)Nc2ccc(S(=O)Cc4c(C)ncn4CC)cc2)CCN3CC2CCCOC2)cc1. The van der Waals surface area contributed by atoms with Crippen molar-refractivity contribution in [3.63, 3.8) is 0 Å². The minimum absolute atomic E-state index is 0.129. The van der Waals surface area contributed by atoms with Crippen molar-refractivity contribution in [1.82, 2.24) is 9.55 Å². The van der Waals surface area contributed by atoms with E-state index in [0.29, 0.717) is 37.0 Å². The molecule has 0 aliphatic carbocycles. The molecule has 1 saturated heterocycles. The molecule has 1 aromatic heterocycles. The zero-order chi connectivity index (χ0) is 36.3. The fraction of sp³-hybridized carbons (Fsp3) is 0.429. The van der Waals surface area contributed by atoms with Crippen LogP contribution in [0.3, 0.4) is 0 Å². The molecule has 2 aliphatic rings. The lowest BCUT2D eigenvalue weighted by atomic mass is 9.98. The maximum absolute atomic E-state index is 13.8. The zero-order valence-corrected chi connectivity index (χ0v) is 31.6. The molecule has 0 radical (unpaired) electrons. The summed E-state index contributed by atoms with van der Waals surface area (Å²) in [6.07, 6.45) is 8.87. The van der Waals surface area contributed by atoms with Gasteiger partial charge in [0.05, 0.1) is 47.5 Å². The van der Waals surface area contributed by atoms with E-state index in [1.165, 1.54) is 0 Å². The lowest BCUT2D eigenvalue weighted by molar-refractivity contribution is -0.112. The van der Waals surface area contributed by atoms with Crippen molar-refractivity contribution in [3.8, 4) is 16.9 Å². The third-order valence-corrected chi connectivity index (χ3v) is 11.2. The van der Waals surface area contributed by atoms with Crippen LogP contribution in [-0.2, 0) is 37.4 Å². The van der Waals surface area contributed by atoms with E-state index in [1.54, 1.807) is 6.33 Å². The number of carbonyl (C=O) groups is 1. The monoisotopic (exact) mass is 724 g/mol. The summed E-state index contributed by atoms with van der Waals surface area (Å²) < 4.78 is 32.6. The predicted molar refractivity (Wildman–Crippen MR) is 209 cm³/mol. The van der Waals surface area contributed by atoms with Gasteiger partial charge in [0.25, 0.3) is 5.91 Å². The smallest absolute Gasteiger partial charge is 0.251 e. The minimum Gasteiger partial charge on any atom is -0.491 e. The van der Waals surface area contributed by atoms with Gasteiger partial charge in [0.2, 0.25) is 0 Å². The number of anilines is 2. The molecule has 3 aromatic carbocycles. The molecule has 10 heteroatoms. The molecule has 2 unspecified atom stereocenters. The van der Waals surface area contributed by atoms with Crippen LogP contribution in [0, 0.1) is 12.8 Å². The Hall–Kier alpha value is -4.25. The minimum atomic E-state index is -1.23. The molecule has 4 aromatic rings. The van der Waals surface area contributed by atoms with Gasteiger partial charge in [0.1, 0.15) is 12.4 Å². The first kappa shape index (κ1) is 37.5. The standard InChI is InChI=1S/C42H52N4O5S/c1-4-6-21-49-23-24-51-38-14-9-33(10-15-38)34-11-18-40-36(25-34)26-35(19-20-46(40)27-32-8-7-22-50-28-32)42(47)44-37-12-16-39(17-13-37)52(48)29-41-31(3)43-30-45(41)5-2/h9-18,25-26,30,32H,4-8,19-24,27-29H2,1-3H3,(H,44,47). The number of imidazole rings is 1. The van der Waals surface area contributed by atoms with Crippen molar-refractivity contribution in [2.75, 3.05) is 56.3 Å². The molecule has 1 amide bonds. The number of nitrogens with zero attached hydrogens (tertiary/aromatic N) is 3. The summed E-state index contributed by atoms with van der Waals surface area (Å²) in [4.78, 5) is 21.3. The third kappa shape index (κ3) is 9.79. The van der Waals surface area contributed by atoms with Gasteiger partial charge in [-0.2, -0.15) is 0 Å². The van der Waals surface area contributed by atoms with Gasteiger partial charge in [-0.25, -0.2) is 4.98 Å². The Kier molecular flexibility index (Phi) is 13.3. The number of hydrogen-bond acceptors (Lipinski definition) is 7. The van der Waals surface area contributed by atoms with E-state index in [2.05, 4.69) is 59.4 Å². The summed E-state index contributed by atoms with van der Waals surface area (Å²) in [5.41, 5.74) is 7.59. The van der Waals surface area contributed by atoms with Crippen LogP contribution in [0.25, 0.3) is 17.2 Å². The Morgan fingerprint density at radius 2 is 1.83 bits per heavy atom. The van der Waals surface area contributed by atoms with Crippen molar-refractivity contribution in [1.29, 1.82) is 0 Å². The third-order valence-electron chi connectivity index (χ3n) is 9.84. The molecule has 1 N–H and O–H groups in total. The van der Waals surface area contributed by atoms with Crippen LogP contribution in [0.15, 0.2) is 83.5 Å². The molecule has 276 valence electrons. The second-order valence-electron chi connectivity index (χ2n) is 13.6. The molecule has 9 nitrogen and oxygen atoms in total. The lowest BCUT2D eigenvalue weighted by Gasteiger charge is -2.31. The van der Waals surface area contributed by atoms with Crippen LogP contribution in [0.2, 0.25) is 0 Å². The van der Waals surface area contributed by atoms with Crippen molar-refractivity contribution in [3.05, 3.63) is 95.6 Å². The topological polar surface area (TPSA) is 94.9 Å². The van der Waals surface area contributed by atoms with Gasteiger partial charge in [-0.3, -0.25) is 9.00 Å². The Bertz CT molecular complexity index is 1830. The van der Waals surface area contributed by atoms with E-state index in [9.17, 15) is 9.00 Å². The molecule has 0 saturated carbocycles. The molecule has 2 aliphatic heterocycles. The van der Waals surface area contributed by atoms with Gasteiger partial charge in [-0.1, -0.05) is 31.5 Å². The van der Waals surface area contributed by atoms with Gasteiger partial charge < -0.3 is 29.0 Å². The summed E-state index contributed by atoms with van der Waals surface area (Å²) in [7, 11) is -1.23. The van der Waals surface area contributed by atoms with E-state index in [-0.39, 0.29) is 5.91 Å². The highest BCUT2D eigenvalue weighted by Crippen LogP contribution is 2.34. The quantitative estimate of drug-likeness (QED) is 0.117. The van der Waals surface area contributed by atoms with Crippen LogP contribution in [0.1, 0.15) is 62.9 Å². The van der Waals surface area contributed by atoms with Crippen LogP contribution >= 0.6 is 0 Å². The molecule has 2 atom stereocenters.